The molecule has 1 N–H and O–H groups in total. The Morgan fingerprint density at radius 3 is 2.78 bits per heavy atom. The maximum absolute atomic E-state index is 12.6. The van der Waals surface area contributed by atoms with E-state index in [2.05, 4.69) is 11.2 Å². The number of aryl methyl sites for hydroxylation is 1. The number of hydrogen-bond acceptors (Lipinski definition) is 6. The second-order valence-electron chi connectivity index (χ2n) is 7.46. The highest BCUT2D eigenvalue weighted by Gasteiger charge is 2.33. The summed E-state index contributed by atoms with van der Waals surface area (Å²) >= 11 is 1.50. The minimum Gasteiger partial charge on any atom is -0.497 e. The van der Waals surface area contributed by atoms with Crippen LogP contribution in [0.3, 0.4) is 0 Å². The summed E-state index contributed by atoms with van der Waals surface area (Å²) in [5.74, 6) is 4.43. The number of carbonyl (C=O) groups excluding carboxylic acids is 1. The van der Waals surface area contributed by atoms with Gasteiger partial charge in [-0.15, -0.1) is 6.42 Å². The standard InChI is InChI=1S/C24H20N4O3S/c1-4-11-31-16-7-5-15(6-8-16)18-13-21(29)26-23-22(18)14(2)27-28(23)24-25-19-10-9-17(30-3)12-20(19)32-24/h1,5-10,12,18H,11,13H2,2-3H3,(H,26,29)/t18-/m0/s1. The number of benzene rings is 2. The van der Waals surface area contributed by atoms with E-state index in [1.807, 2.05) is 49.4 Å². The summed E-state index contributed by atoms with van der Waals surface area (Å²) in [6.07, 6.45) is 5.61. The molecule has 0 spiro atoms. The largest absolute Gasteiger partial charge is 0.497 e. The molecule has 0 saturated heterocycles. The average molecular weight is 445 g/mol. The number of anilines is 1. The fourth-order valence-electron chi connectivity index (χ4n) is 4.00. The van der Waals surface area contributed by atoms with Gasteiger partial charge in [-0.05, 0) is 42.8 Å². The third kappa shape index (κ3) is 3.47. The summed E-state index contributed by atoms with van der Waals surface area (Å²) in [6.45, 7) is 2.18. The van der Waals surface area contributed by atoms with Crippen molar-refractivity contribution in [2.75, 3.05) is 19.0 Å². The van der Waals surface area contributed by atoms with Crippen molar-refractivity contribution in [3.63, 3.8) is 0 Å². The molecule has 1 aliphatic rings. The third-order valence-electron chi connectivity index (χ3n) is 5.47. The highest BCUT2D eigenvalue weighted by Crippen LogP contribution is 2.41. The number of fused-ring (bicyclic) bond motifs is 2. The molecule has 0 fully saturated rings. The van der Waals surface area contributed by atoms with Crippen LogP contribution in [0.5, 0.6) is 11.5 Å². The number of thiazole rings is 1. The zero-order valence-corrected chi connectivity index (χ0v) is 18.4. The minimum atomic E-state index is -0.108. The van der Waals surface area contributed by atoms with Crippen molar-refractivity contribution in [3.05, 3.63) is 59.3 Å². The Morgan fingerprint density at radius 2 is 2.03 bits per heavy atom. The number of methoxy groups -OCH3 is 1. The Bertz CT molecular complexity index is 1360. The van der Waals surface area contributed by atoms with E-state index < -0.39 is 0 Å². The number of rotatable bonds is 5. The lowest BCUT2D eigenvalue weighted by molar-refractivity contribution is -0.116. The van der Waals surface area contributed by atoms with E-state index in [9.17, 15) is 4.79 Å². The Balaban J connectivity index is 1.56. The molecule has 1 aliphatic heterocycles. The average Bonchev–Trinajstić information content (AvgIpc) is 3.37. The zero-order chi connectivity index (χ0) is 22.2. The molecule has 8 heteroatoms. The van der Waals surface area contributed by atoms with Crippen LogP contribution in [0.25, 0.3) is 15.3 Å². The summed E-state index contributed by atoms with van der Waals surface area (Å²) in [4.78, 5) is 17.4. The zero-order valence-electron chi connectivity index (χ0n) is 17.6. The molecule has 0 aliphatic carbocycles. The second-order valence-corrected chi connectivity index (χ2v) is 8.47. The number of amides is 1. The van der Waals surface area contributed by atoms with Gasteiger partial charge in [0.1, 0.15) is 23.9 Å². The number of hydrogen-bond donors (Lipinski definition) is 1. The smallest absolute Gasteiger partial charge is 0.226 e. The van der Waals surface area contributed by atoms with E-state index in [0.29, 0.717) is 23.1 Å². The summed E-state index contributed by atoms with van der Waals surface area (Å²) in [5, 5.41) is 8.44. The van der Waals surface area contributed by atoms with Gasteiger partial charge in [0.15, 0.2) is 0 Å². The molecule has 0 saturated carbocycles. The maximum atomic E-state index is 12.6. The molecule has 5 rings (SSSR count). The van der Waals surface area contributed by atoms with Crippen LogP contribution in [-0.4, -0.2) is 34.4 Å². The molecule has 2 aromatic heterocycles. The van der Waals surface area contributed by atoms with E-state index in [-0.39, 0.29) is 18.4 Å². The van der Waals surface area contributed by atoms with E-state index in [4.69, 9.17) is 26.0 Å². The molecule has 0 radical (unpaired) electrons. The van der Waals surface area contributed by atoms with Gasteiger partial charge in [-0.25, -0.2) is 4.98 Å². The quantitative estimate of drug-likeness (QED) is 0.465. The van der Waals surface area contributed by atoms with Gasteiger partial charge in [0.2, 0.25) is 11.0 Å². The third-order valence-corrected chi connectivity index (χ3v) is 6.47. The Hall–Kier alpha value is -3.83. The van der Waals surface area contributed by atoms with Crippen molar-refractivity contribution in [2.45, 2.75) is 19.3 Å². The molecular weight excluding hydrogens is 424 g/mol. The molecular formula is C24H20N4O3S. The highest BCUT2D eigenvalue weighted by molar-refractivity contribution is 7.20. The molecule has 1 amide bonds. The van der Waals surface area contributed by atoms with Crippen LogP contribution in [0, 0.1) is 19.3 Å². The van der Waals surface area contributed by atoms with Crippen molar-refractivity contribution in [2.24, 2.45) is 0 Å². The van der Waals surface area contributed by atoms with E-state index in [1.165, 1.54) is 11.3 Å². The van der Waals surface area contributed by atoms with Crippen molar-refractivity contribution in [1.82, 2.24) is 14.8 Å². The van der Waals surface area contributed by atoms with E-state index in [1.54, 1.807) is 11.8 Å². The number of nitrogens with zero attached hydrogens (tertiary/aromatic N) is 3. The van der Waals surface area contributed by atoms with Crippen LogP contribution in [0.1, 0.15) is 29.2 Å². The number of terminal acetylenes is 1. The van der Waals surface area contributed by atoms with Gasteiger partial charge in [0, 0.05) is 17.9 Å². The number of ether oxygens (including phenoxy) is 2. The van der Waals surface area contributed by atoms with Crippen LogP contribution in [0.4, 0.5) is 5.82 Å². The van der Waals surface area contributed by atoms with Gasteiger partial charge in [0.05, 0.1) is 23.0 Å². The van der Waals surface area contributed by atoms with Gasteiger partial charge in [-0.1, -0.05) is 29.4 Å². The SMILES string of the molecule is C#CCOc1ccc([C@@H]2CC(=O)Nc3c2c(C)nn3-c2nc3ccc(OC)cc3s2)cc1. The predicted octanol–water partition coefficient (Wildman–Crippen LogP) is 4.29. The topological polar surface area (TPSA) is 78.3 Å². The predicted molar refractivity (Wildman–Crippen MR) is 124 cm³/mol. The monoisotopic (exact) mass is 444 g/mol. The molecule has 1 atom stereocenters. The molecule has 7 nitrogen and oxygen atoms in total. The Morgan fingerprint density at radius 1 is 1.25 bits per heavy atom. The molecule has 3 heterocycles. The molecule has 4 aromatic rings. The Labute approximate surface area is 189 Å². The maximum Gasteiger partial charge on any atom is 0.226 e. The Kier molecular flexibility index (Phi) is 5.04. The van der Waals surface area contributed by atoms with Gasteiger partial charge in [-0.3, -0.25) is 4.79 Å². The van der Waals surface area contributed by atoms with Gasteiger partial charge < -0.3 is 14.8 Å². The first-order chi connectivity index (χ1) is 15.6. The fourth-order valence-corrected chi connectivity index (χ4v) is 4.95. The first-order valence-electron chi connectivity index (χ1n) is 10.1. The fraction of sp³-hybridized carbons (Fsp3) is 0.208. The molecule has 160 valence electrons. The van der Waals surface area contributed by atoms with Crippen LogP contribution in [-0.2, 0) is 4.79 Å². The van der Waals surface area contributed by atoms with Crippen LogP contribution in [0.15, 0.2) is 42.5 Å². The van der Waals surface area contributed by atoms with E-state index in [0.717, 1.165) is 32.8 Å². The number of aromatic nitrogens is 3. The second kappa shape index (κ2) is 8.02. The molecule has 2 aromatic carbocycles. The first kappa shape index (κ1) is 20.1. The van der Waals surface area contributed by atoms with Gasteiger partial charge in [0.25, 0.3) is 0 Å². The van der Waals surface area contributed by atoms with Gasteiger partial charge in [-0.2, -0.15) is 9.78 Å². The van der Waals surface area contributed by atoms with Crippen LogP contribution >= 0.6 is 11.3 Å². The van der Waals surface area contributed by atoms with Gasteiger partial charge >= 0.3 is 0 Å². The lowest BCUT2D eigenvalue weighted by Gasteiger charge is -2.24. The lowest BCUT2D eigenvalue weighted by Crippen LogP contribution is -2.24. The summed E-state index contributed by atoms with van der Waals surface area (Å²) < 4.78 is 13.5. The first-order valence-corrected chi connectivity index (χ1v) is 10.9. The molecule has 0 bridgehead atoms. The highest BCUT2D eigenvalue weighted by atomic mass is 32.1. The van der Waals surface area contributed by atoms with Crippen molar-refractivity contribution < 1.29 is 14.3 Å². The van der Waals surface area contributed by atoms with Crippen molar-refractivity contribution in [1.29, 1.82) is 0 Å². The summed E-state index contributed by atoms with van der Waals surface area (Å²) in [7, 11) is 1.64. The minimum absolute atomic E-state index is 0.0564. The molecule has 0 unspecified atom stereocenters. The van der Waals surface area contributed by atoms with Crippen LogP contribution in [0.2, 0.25) is 0 Å². The van der Waals surface area contributed by atoms with Crippen molar-refractivity contribution >= 4 is 33.3 Å². The van der Waals surface area contributed by atoms with E-state index >= 15 is 0 Å². The summed E-state index contributed by atoms with van der Waals surface area (Å²) in [6, 6.07) is 13.4. The molecule has 32 heavy (non-hydrogen) atoms. The van der Waals surface area contributed by atoms with Crippen LogP contribution < -0.4 is 14.8 Å². The number of nitrogens with one attached hydrogen (secondary N) is 1. The van der Waals surface area contributed by atoms with Crippen molar-refractivity contribution in [3.8, 4) is 29.0 Å². The lowest BCUT2D eigenvalue weighted by atomic mass is 9.86. The summed E-state index contributed by atoms with van der Waals surface area (Å²) in [5.41, 5.74) is 3.73. The number of carbonyl (C=O) groups is 1. The normalized spacial score (nSPS) is 15.2.